The van der Waals surface area contributed by atoms with Crippen molar-refractivity contribution in [2.45, 2.75) is 25.9 Å². The summed E-state index contributed by atoms with van der Waals surface area (Å²) in [7, 11) is 0. The normalized spacial score (nSPS) is 18.6. The van der Waals surface area contributed by atoms with Crippen LogP contribution in [0.25, 0.3) is 0 Å². The first kappa shape index (κ1) is 13.1. The molecule has 0 radical (unpaired) electrons. The Balaban J connectivity index is 2.19. The second-order valence-corrected chi connectivity index (χ2v) is 4.66. The molecule has 18 heavy (non-hydrogen) atoms. The Morgan fingerprint density at radius 1 is 1.67 bits per heavy atom. The van der Waals surface area contributed by atoms with Crippen molar-refractivity contribution in [1.82, 2.24) is 4.98 Å². The Morgan fingerprint density at radius 3 is 3.11 bits per heavy atom. The van der Waals surface area contributed by atoms with Gasteiger partial charge in [0, 0.05) is 25.9 Å². The number of likely N-dealkylation sites (N-methyl/N-ethyl adjacent to an activating group) is 1. The second kappa shape index (κ2) is 6.03. The van der Waals surface area contributed by atoms with E-state index >= 15 is 0 Å². The van der Waals surface area contributed by atoms with Crippen molar-refractivity contribution in [2.75, 3.05) is 24.6 Å². The Morgan fingerprint density at radius 2 is 2.50 bits per heavy atom. The molecule has 0 aliphatic carbocycles. The van der Waals surface area contributed by atoms with Crippen LogP contribution >= 0.6 is 11.6 Å². The summed E-state index contributed by atoms with van der Waals surface area (Å²) in [5.41, 5.74) is 0.465. The van der Waals surface area contributed by atoms with E-state index in [-0.39, 0.29) is 6.10 Å². The van der Waals surface area contributed by atoms with Gasteiger partial charge >= 0.3 is 0 Å². The largest absolute Gasteiger partial charge is 0.376 e. The number of aromatic nitrogens is 1. The van der Waals surface area contributed by atoms with Crippen LogP contribution in [0, 0.1) is 11.3 Å². The maximum Gasteiger partial charge on any atom is 0.148 e. The van der Waals surface area contributed by atoms with Gasteiger partial charge in [-0.05, 0) is 25.8 Å². The molecule has 1 atom stereocenters. The SMILES string of the molecule is CCN(CC1CCCO1)c1nccc(C#N)c1Cl. The van der Waals surface area contributed by atoms with Crippen LogP contribution in [0.3, 0.4) is 0 Å². The number of hydrogen-bond acceptors (Lipinski definition) is 4. The number of nitriles is 1. The zero-order valence-electron chi connectivity index (χ0n) is 10.4. The van der Waals surface area contributed by atoms with Gasteiger partial charge in [-0.2, -0.15) is 5.26 Å². The molecule has 2 heterocycles. The number of nitrogens with zero attached hydrogens (tertiary/aromatic N) is 3. The number of ether oxygens (including phenoxy) is 1. The molecule has 1 aromatic heterocycles. The predicted molar refractivity (Wildman–Crippen MR) is 70.8 cm³/mol. The van der Waals surface area contributed by atoms with Gasteiger partial charge in [0.2, 0.25) is 0 Å². The van der Waals surface area contributed by atoms with Crippen molar-refractivity contribution in [1.29, 1.82) is 5.26 Å². The van der Waals surface area contributed by atoms with Crippen molar-refractivity contribution < 1.29 is 4.74 Å². The Bertz CT molecular complexity index is 452. The summed E-state index contributed by atoms with van der Waals surface area (Å²) in [6, 6.07) is 3.71. The van der Waals surface area contributed by atoms with E-state index in [0.717, 1.165) is 32.5 Å². The number of hydrogen-bond donors (Lipinski definition) is 0. The fourth-order valence-electron chi connectivity index (χ4n) is 2.14. The van der Waals surface area contributed by atoms with Crippen molar-refractivity contribution in [3.63, 3.8) is 0 Å². The second-order valence-electron chi connectivity index (χ2n) is 4.28. The summed E-state index contributed by atoms with van der Waals surface area (Å²) in [5, 5.41) is 9.41. The molecular weight excluding hydrogens is 250 g/mol. The molecular formula is C13H16ClN3O. The molecule has 0 aromatic carbocycles. The maximum atomic E-state index is 8.98. The average molecular weight is 266 g/mol. The fraction of sp³-hybridized carbons (Fsp3) is 0.538. The molecule has 0 amide bonds. The third-order valence-corrected chi connectivity index (χ3v) is 3.49. The zero-order chi connectivity index (χ0) is 13.0. The van der Waals surface area contributed by atoms with Crippen molar-refractivity contribution >= 4 is 17.4 Å². The predicted octanol–water partition coefficient (Wildman–Crippen LogP) is 2.61. The number of rotatable bonds is 4. The molecule has 0 N–H and O–H groups in total. The number of anilines is 1. The van der Waals surface area contributed by atoms with Crippen LogP contribution in [0.2, 0.25) is 5.02 Å². The first-order valence-electron chi connectivity index (χ1n) is 6.17. The minimum absolute atomic E-state index is 0.244. The first-order valence-corrected chi connectivity index (χ1v) is 6.55. The Hall–Kier alpha value is -1.31. The smallest absolute Gasteiger partial charge is 0.148 e. The van der Waals surface area contributed by atoms with Crippen LogP contribution in [0.4, 0.5) is 5.82 Å². The first-order chi connectivity index (χ1) is 8.76. The molecule has 1 aliphatic rings. The fourth-order valence-corrected chi connectivity index (χ4v) is 2.41. The van der Waals surface area contributed by atoms with E-state index in [1.807, 2.05) is 6.92 Å². The van der Waals surface area contributed by atoms with Gasteiger partial charge in [-0.3, -0.25) is 0 Å². The van der Waals surface area contributed by atoms with Crippen molar-refractivity contribution in [2.24, 2.45) is 0 Å². The average Bonchev–Trinajstić information content (AvgIpc) is 2.89. The standard InChI is InChI=1S/C13H16ClN3O/c1-2-17(9-11-4-3-7-18-11)13-12(14)10(8-15)5-6-16-13/h5-6,11H,2-4,7,9H2,1H3. The summed E-state index contributed by atoms with van der Waals surface area (Å²) in [6.45, 7) is 4.45. The van der Waals surface area contributed by atoms with E-state index in [0.29, 0.717) is 16.4 Å². The molecule has 96 valence electrons. The van der Waals surface area contributed by atoms with E-state index in [1.54, 1.807) is 12.3 Å². The molecule has 0 saturated carbocycles. The van der Waals surface area contributed by atoms with Gasteiger partial charge in [0.15, 0.2) is 0 Å². The highest BCUT2D eigenvalue weighted by Crippen LogP contribution is 2.27. The van der Waals surface area contributed by atoms with Gasteiger partial charge in [-0.25, -0.2) is 4.98 Å². The lowest BCUT2D eigenvalue weighted by Crippen LogP contribution is -2.32. The van der Waals surface area contributed by atoms with Crippen LogP contribution in [-0.2, 0) is 4.74 Å². The van der Waals surface area contributed by atoms with E-state index < -0.39 is 0 Å². The third-order valence-electron chi connectivity index (χ3n) is 3.12. The molecule has 1 aliphatic heterocycles. The van der Waals surface area contributed by atoms with E-state index in [2.05, 4.69) is 16.0 Å². The van der Waals surface area contributed by atoms with Gasteiger partial charge in [0.25, 0.3) is 0 Å². The van der Waals surface area contributed by atoms with Crippen molar-refractivity contribution in [3.8, 4) is 6.07 Å². The van der Waals surface area contributed by atoms with Crippen LogP contribution in [0.15, 0.2) is 12.3 Å². The van der Waals surface area contributed by atoms with Gasteiger partial charge in [0.1, 0.15) is 16.9 Å². The van der Waals surface area contributed by atoms with Gasteiger partial charge in [0.05, 0.1) is 11.7 Å². The maximum absolute atomic E-state index is 8.98. The summed E-state index contributed by atoms with van der Waals surface area (Å²) >= 11 is 6.20. The summed E-state index contributed by atoms with van der Waals surface area (Å²) < 4.78 is 5.63. The highest BCUT2D eigenvalue weighted by atomic mass is 35.5. The Labute approximate surface area is 112 Å². The van der Waals surface area contributed by atoms with E-state index in [9.17, 15) is 0 Å². The van der Waals surface area contributed by atoms with E-state index in [1.165, 1.54) is 0 Å². The van der Waals surface area contributed by atoms with Crippen LogP contribution in [0.1, 0.15) is 25.3 Å². The van der Waals surface area contributed by atoms with Crippen LogP contribution in [-0.4, -0.2) is 30.8 Å². The molecule has 1 saturated heterocycles. The van der Waals surface area contributed by atoms with Crippen LogP contribution in [0.5, 0.6) is 0 Å². The summed E-state index contributed by atoms with van der Waals surface area (Å²) in [4.78, 5) is 6.36. The third kappa shape index (κ3) is 2.74. The molecule has 0 spiro atoms. The monoisotopic (exact) mass is 265 g/mol. The molecule has 0 bridgehead atoms. The zero-order valence-corrected chi connectivity index (χ0v) is 11.2. The number of halogens is 1. The Kier molecular flexibility index (Phi) is 4.40. The lowest BCUT2D eigenvalue weighted by molar-refractivity contribution is 0.115. The molecule has 1 aromatic rings. The minimum Gasteiger partial charge on any atom is -0.376 e. The van der Waals surface area contributed by atoms with Gasteiger partial charge in [-0.1, -0.05) is 11.6 Å². The molecule has 4 nitrogen and oxygen atoms in total. The minimum atomic E-state index is 0.244. The van der Waals surface area contributed by atoms with Crippen LogP contribution < -0.4 is 4.90 Å². The van der Waals surface area contributed by atoms with Gasteiger partial charge in [-0.15, -0.1) is 0 Å². The summed E-state index contributed by atoms with van der Waals surface area (Å²) in [6.07, 6.45) is 4.06. The van der Waals surface area contributed by atoms with Crippen molar-refractivity contribution in [3.05, 3.63) is 22.8 Å². The highest BCUT2D eigenvalue weighted by Gasteiger charge is 2.21. The molecule has 1 fully saturated rings. The topological polar surface area (TPSA) is 49.1 Å². The van der Waals surface area contributed by atoms with E-state index in [4.69, 9.17) is 21.6 Å². The lowest BCUT2D eigenvalue weighted by Gasteiger charge is -2.25. The quantitative estimate of drug-likeness (QED) is 0.840. The lowest BCUT2D eigenvalue weighted by atomic mass is 10.2. The molecule has 5 heteroatoms. The highest BCUT2D eigenvalue weighted by molar-refractivity contribution is 6.34. The van der Waals surface area contributed by atoms with Gasteiger partial charge < -0.3 is 9.64 Å². The molecule has 2 rings (SSSR count). The molecule has 1 unspecified atom stereocenters. The number of pyridine rings is 1. The summed E-state index contributed by atoms with van der Waals surface area (Å²) in [5.74, 6) is 0.675.